The Morgan fingerprint density at radius 2 is 1.71 bits per heavy atom. The first-order valence-corrected chi connectivity index (χ1v) is 11.1. The lowest BCUT2D eigenvalue weighted by atomic mass is 10.1. The minimum absolute atomic E-state index is 0.0334. The van der Waals surface area contributed by atoms with Crippen molar-refractivity contribution in [3.63, 3.8) is 0 Å². The highest BCUT2D eigenvalue weighted by atomic mass is 32.2. The lowest BCUT2D eigenvalue weighted by Gasteiger charge is -2.32. The van der Waals surface area contributed by atoms with E-state index in [0.717, 1.165) is 16.4 Å². The van der Waals surface area contributed by atoms with Gasteiger partial charge in [-0.05, 0) is 36.4 Å². The van der Waals surface area contributed by atoms with Crippen LogP contribution in [0, 0.1) is 0 Å². The van der Waals surface area contributed by atoms with Gasteiger partial charge in [0.05, 0.1) is 10.5 Å². The van der Waals surface area contributed by atoms with E-state index in [1.807, 2.05) is 0 Å². The van der Waals surface area contributed by atoms with Gasteiger partial charge in [-0.25, -0.2) is 12.7 Å². The Labute approximate surface area is 179 Å². The molecule has 3 rings (SSSR count). The largest absolute Gasteiger partial charge is 0.490 e. The van der Waals surface area contributed by atoms with E-state index in [9.17, 15) is 26.4 Å². The molecule has 6 nitrogen and oxygen atoms in total. The normalized spacial score (nSPS) is 15.9. The summed E-state index contributed by atoms with van der Waals surface area (Å²) >= 11 is 0. The molecule has 0 bridgehead atoms. The third-order valence-electron chi connectivity index (χ3n) is 5.05. The van der Waals surface area contributed by atoms with Gasteiger partial charge in [-0.3, -0.25) is 4.79 Å². The molecule has 1 amide bonds. The highest BCUT2D eigenvalue weighted by molar-refractivity contribution is 7.89. The van der Waals surface area contributed by atoms with E-state index in [0.29, 0.717) is 25.9 Å². The summed E-state index contributed by atoms with van der Waals surface area (Å²) in [5.41, 5.74) is -0.509. The summed E-state index contributed by atoms with van der Waals surface area (Å²) in [4.78, 5) is 14.4. The first-order chi connectivity index (χ1) is 14.5. The van der Waals surface area contributed by atoms with Crippen LogP contribution in [0.3, 0.4) is 0 Å². The molecule has 0 spiro atoms. The van der Waals surface area contributed by atoms with Gasteiger partial charge in [-0.2, -0.15) is 13.2 Å². The molecule has 0 unspecified atom stereocenters. The number of sulfonamides is 1. The zero-order valence-electron chi connectivity index (χ0n) is 17.1. The molecule has 2 aromatic carbocycles. The van der Waals surface area contributed by atoms with Crippen LogP contribution in [0.5, 0.6) is 5.75 Å². The second-order valence-electron chi connectivity index (χ2n) is 7.45. The Hall–Kier alpha value is -2.59. The summed E-state index contributed by atoms with van der Waals surface area (Å²) in [6.45, 7) is 0.709. The number of alkyl halides is 3. The van der Waals surface area contributed by atoms with E-state index in [2.05, 4.69) is 0 Å². The smallest absolute Gasteiger partial charge is 0.416 e. The molecule has 0 atom stereocenters. The molecule has 1 heterocycles. The number of ether oxygens (including phenoxy) is 1. The minimum Gasteiger partial charge on any atom is -0.490 e. The van der Waals surface area contributed by atoms with Crippen molar-refractivity contribution >= 4 is 15.9 Å². The van der Waals surface area contributed by atoms with Crippen LogP contribution in [0.25, 0.3) is 0 Å². The average molecular weight is 456 g/mol. The molecule has 1 fully saturated rings. The maximum atomic E-state index is 12.9. The Morgan fingerprint density at radius 1 is 1.06 bits per heavy atom. The van der Waals surface area contributed by atoms with Crippen molar-refractivity contribution in [3.05, 3.63) is 59.7 Å². The van der Waals surface area contributed by atoms with Gasteiger partial charge in [0, 0.05) is 45.6 Å². The fourth-order valence-corrected chi connectivity index (χ4v) is 4.25. The number of rotatable bonds is 5. The zero-order valence-corrected chi connectivity index (χ0v) is 17.9. The Bertz CT molecular complexity index is 1050. The molecule has 31 heavy (non-hydrogen) atoms. The number of carbonyl (C=O) groups excluding carboxylic acids is 1. The highest BCUT2D eigenvalue weighted by Crippen LogP contribution is 2.32. The fourth-order valence-electron chi connectivity index (χ4n) is 3.30. The van der Waals surface area contributed by atoms with Crippen molar-refractivity contribution in [2.75, 3.05) is 27.2 Å². The van der Waals surface area contributed by atoms with Crippen molar-refractivity contribution in [2.24, 2.45) is 0 Å². The summed E-state index contributed by atoms with van der Waals surface area (Å²) in [7, 11) is -0.827. The number of carbonyl (C=O) groups is 1. The third kappa shape index (κ3) is 5.37. The summed E-state index contributed by atoms with van der Waals surface area (Å²) < 4.78 is 69.9. The standard InChI is InChI=1S/C21H23F3N2O4S/c1-25(2)31(28,29)19-8-3-5-15(13-19)20(27)26-11-9-17(10-12-26)30-18-7-4-6-16(14-18)21(22,23)24/h3-8,13-14,17H,9-12H2,1-2H3. The fraction of sp³-hybridized carbons (Fsp3) is 0.381. The summed E-state index contributed by atoms with van der Waals surface area (Å²) in [6.07, 6.45) is -3.84. The van der Waals surface area contributed by atoms with Gasteiger partial charge < -0.3 is 9.64 Å². The topological polar surface area (TPSA) is 66.9 Å². The second-order valence-corrected chi connectivity index (χ2v) is 9.60. The van der Waals surface area contributed by atoms with Gasteiger partial charge in [-0.1, -0.05) is 12.1 Å². The lowest BCUT2D eigenvalue weighted by Crippen LogP contribution is -2.41. The predicted molar refractivity (Wildman–Crippen MR) is 108 cm³/mol. The van der Waals surface area contributed by atoms with Crippen molar-refractivity contribution in [1.82, 2.24) is 9.21 Å². The lowest BCUT2D eigenvalue weighted by molar-refractivity contribution is -0.137. The van der Waals surface area contributed by atoms with Crippen LogP contribution in [0.4, 0.5) is 13.2 Å². The van der Waals surface area contributed by atoms with Gasteiger partial charge in [0.2, 0.25) is 10.0 Å². The molecule has 2 aromatic rings. The van der Waals surface area contributed by atoms with Crippen LogP contribution in [0.1, 0.15) is 28.8 Å². The van der Waals surface area contributed by atoms with Crippen LogP contribution in [0.15, 0.2) is 53.4 Å². The predicted octanol–water partition coefficient (Wildman–Crippen LogP) is 3.64. The molecule has 1 saturated heterocycles. The average Bonchev–Trinajstić information content (AvgIpc) is 2.73. The first-order valence-electron chi connectivity index (χ1n) is 9.64. The van der Waals surface area contributed by atoms with E-state index < -0.39 is 21.8 Å². The highest BCUT2D eigenvalue weighted by Gasteiger charge is 2.31. The zero-order chi connectivity index (χ0) is 22.8. The number of hydrogen-bond acceptors (Lipinski definition) is 4. The van der Waals surface area contributed by atoms with E-state index in [1.165, 1.54) is 44.4 Å². The first kappa shape index (κ1) is 23.1. The van der Waals surface area contributed by atoms with E-state index in [1.54, 1.807) is 11.0 Å². The molecule has 0 radical (unpaired) electrons. The Balaban J connectivity index is 1.63. The summed E-state index contributed by atoms with van der Waals surface area (Å²) in [5.74, 6) is -0.158. The van der Waals surface area contributed by atoms with Crippen molar-refractivity contribution in [1.29, 1.82) is 0 Å². The van der Waals surface area contributed by atoms with Gasteiger partial charge in [0.1, 0.15) is 11.9 Å². The number of hydrogen-bond donors (Lipinski definition) is 0. The number of benzene rings is 2. The van der Waals surface area contributed by atoms with Gasteiger partial charge in [-0.15, -0.1) is 0 Å². The minimum atomic E-state index is -4.44. The summed E-state index contributed by atoms with van der Waals surface area (Å²) in [5, 5.41) is 0. The molecule has 1 aliphatic rings. The number of halogens is 3. The Kier molecular flexibility index (Phi) is 6.61. The second kappa shape index (κ2) is 8.88. The van der Waals surface area contributed by atoms with Crippen molar-refractivity contribution in [2.45, 2.75) is 30.0 Å². The van der Waals surface area contributed by atoms with Gasteiger partial charge in [0.15, 0.2) is 0 Å². The number of amides is 1. The monoisotopic (exact) mass is 456 g/mol. The molecule has 0 aromatic heterocycles. The number of likely N-dealkylation sites (tertiary alicyclic amines) is 1. The van der Waals surface area contributed by atoms with Crippen LogP contribution < -0.4 is 4.74 Å². The molecule has 0 aliphatic carbocycles. The van der Waals surface area contributed by atoms with Crippen LogP contribution in [-0.2, 0) is 16.2 Å². The molecule has 1 aliphatic heterocycles. The maximum absolute atomic E-state index is 12.9. The maximum Gasteiger partial charge on any atom is 0.416 e. The van der Waals surface area contributed by atoms with Crippen molar-refractivity contribution < 1.29 is 31.1 Å². The van der Waals surface area contributed by atoms with Crippen LogP contribution in [0.2, 0.25) is 0 Å². The molecule has 0 N–H and O–H groups in total. The van der Waals surface area contributed by atoms with Gasteiger partial charge in [0.25, 0.3) is 5.91 Å². The van der Waals surface area contributed by atoms with E-state index in [-0.39, 0.29) is 28.2 Å². The quantitative estimate of drug-likeness (QED) is 0.689. The molecular weight excluding hydrogens is 433 g/mol. The van der Waals surface area contributed by atoms with Crippen LogP contribution in [-0.4, -0.2) is 56.8 Å². The Morgan fingerprint density at radius 3 is 2.32 bits per heavy atom. The van der Waals surface area contributed by atoms with Crippen molar-refractivity contribution in [3.8, 4) is 5.75 Å². The van der Waals surface area contributed by atoms with Gasteiger partial charge >= 0.3 is 6.18 Å². The molecule has 0 saturated carbocycles. The van der Waals surface area contributed by atoms with E-state index in [4.69, 9.17) is 4.74 Å². The number of piperidine rings is 1. The van der Waals surface area contributed by atoms with E-state index >= 15 is 0 Å². The van der Waals surface area contributed by atoms with Crippen LogP contribution >= 0.6 is 0 Å². The molecule has 168 valence electrons. The molecule has 10 heteroatoms. The third-order valence-corrected chi connectivity index (χ3v) is 6.86. The number of nitrogens with zero attached hydrogens (tertiary/aromatic N) is 2. The summed E-state index contributed by atoms with van der Waals surface area (Å²) in [6, 6.07) is 10.6. The molecular formula is C21H23F3N2O4S. The SMILES string of the molecule is CN(C)S(=O)(=O)c1cccc(C(=O)N2CCC(Oc3cccc(C(F)(F)F)c3)CC2)c1.